The molecule has 0 rings (SSSR count). The van der Waals surface area contributed by atoms with Gasteiger partial charge in [-0.15, -0.1) is 0 Å². The molecule has 0 saturated carbocycles. The number of carboxylic acid groups (broad SMARTS) is 2. The maximum atomic E-state index is 11.6. The van der Waals surface area contributed by atoms with Crippen LogP contribution in [0, 0.1) is 0 Å². The summed E-state index contributed by atoms with van der Waals surface area (Å²) in [6.45, 7) is 0.795. The lowest BCUT2D eigenvalue weighted by molar-refractivity contribution is -0.145. The molecule has 0 bridgehead atoms. The first kappa shape index (κ1) is 20.1. The van der Waals surface area contributed by atoms with Crippen molar-refractivity contribution in [3.8, 4) is 0 Å². The monoisotopic (exact) mass is 318 g/mol. The molecule has 22 heavy (non-hydrogen) atoms. The van der Waals surface area contributed by atoms with Crippen LogP contribution in [-0.2, 0) is 28.6 Å². The normalized spacial score (nSPS) is 11.7. The molecule has 0 atom stereocenters. The van der Waals surface area contributed by atoms with Gasteiger partial charge in [0.15, 0.2) is 0 Å². The van der Waals surface area contributed by atoms with Gasteiger partial charge < -0.3 is 24.4 Å². The number of methoxy groups -OCH3 is 2. The maximum Gasteiger partial charge on any atom is 0.332 e. The first-order valence-electron chi connectivity index (χ1n) is 6.76. The Balaban J connectivity index is 4.83. The Morgan fingerprint density at radius 1 is 0.818 bits per heavy atom. The molecule has 0 fully saturated rings. The summed E-state index contributed by atoms with van der Waals surface area (Å²) < 4.78 is 14.4. The molecule has 0 unspecified atom stereocenters. The fraction of sp³-hybridized carbons (Fsp3) is 0.643. The fourth-order valence-corrected chi connectivity index (χ4v) is 1.68. The van der Waals surface area contributed by atoms with Crippen molar-refractivity contribution < 1.29 is 38.8 Å². The first-order chi connectivity index (χ1) is 10.4. The molecule has 0 spiro atoms. The molecule has 0 aliphatic rings. The molecule has 0 aliphatic carbocycles. The van der Waals surface area contributed by atoms with Crippen LogP contribution in [0.3, 0.4) is 0 Å². The first-order valence-corrected chi connectivity index (χ1v) is 6.76. The largest absolute Gasteiger partial charge is 0.478 e. The zero-order chi connectivity index (χ0) is 17.0. The zero-order valence-corrected chi connectivity index (χ0v) is 12.8. The second-order valence-corrected chi connectivity index (χ2v) is 4.41. The average Bonchev–Trinajstić information content (AvgIpc) is 2.46. The van der Waals surface area contributed by atoms with E-state index in [9.17, 15) is 14.4 Å². The summed E-state index contributed by atoms with van der Waals surface area (Å²) >= 11 is 0. The van der Waals surface area contributed by atoms with E-state index in [1.807, 2.05) is 0 Å². The Morgan fingerprint density at radius 2 is 1.36 bits per heavy atom. The van der Waals surface area contributed by atoms with Crippen LogP contribution in [-0.4, -0.2) is 62.2 Å². The lowest BCUT2D eigenvalue weighted by Crippen LogP contribution is -2.17. The summed E-state index contributed by atoms with van der Waals surface area (Å²) in [5.74, 6) is -3.58. The van der Waals surface area contributed by atoms with Crippen molar-refractivity contribution in [1.82, 2.24) is 0 Å². The van der Waals surface area contributed by atoms with Gasteiger partial charge in [-0.1, -0.05) is 0 Å². The molecular weight excluding hydrogens is 296 g/mol. The maximum absolute atomic E-state index is 11.6. The van der Waals surface area contributed by atoms with Gasteiger partial charge in [-0.25, -0.2) is 9.59 Å². The standard InChI is InChI=1S/C14H22O8/c1-20-6-3-5-10(13(16)17)11(14(18)19)9-12(15)22-8-4-7-21-2/h3-9H2,1-2H3,(H,16,17)(H,18,19). The van der Waals surface area contributed by atoms with Gasteiger partial charge in [-0.05, 0) is 12.8 Å². The lowest BCUT2D eigenvalue weighted by atomic mass is 10.0. The van der Waals surface area contributed by atoms with Gasteiger partial charge in [0.25, 0.3) is 0 Å². The average molecular weight is 318 g/mol. The molecular formula is C14H22O8. The number of ether oxygens (including phenoxy) is 3. The summed E-state index contributed by atoms with van der Waals surface area (Å²) in [5, 5.41) is 18.2. The van der Waals surface area contributed by atoms with Crippen molar-refractivity contribution in [2.24, 2.45) is 0 Å². The minimum absolute atomic E-state index is 0.00175. The molecule has 0 amide bonds. The van der Waals surface area contributed by atoms with Gasteiger partial charge in [-0.3, -0.25) is 4.79 Å². The van der Waals surface area contributed by atoms with E-state index in [1.165, 1.54) is 14.2 Å². The van der Waals surface area contributed by atoms with Gasteiger partial charge in [0.2, 0.25) is 0 Å². The van der Waals surface area contributed by atoms with Crippen molar-refractivity contribution in [3.63, 3.8) is 0 Å². The van der Waals surface area contributed by atoms with Gasteiger partial charge in [0.1, 0.15) is 0 Å². The summed E-state index contributed by atoms with van der Waals surface area (Å²) in [6.07, 6.45) is 0.241. The predicted octanol–water partition coefficient (Wildman–Crippen LogP) is 0.849. The van der Waals surface area contributed by atoms with Gasteiger partial charge >= 0.3 is 17.9 Å². The van der Waals surface area contributed by atoms with E-state index < -0.39 is 29.9 Å². The SMILES string of the molecule is COCCCOC(=O)CC(C(=O)O)=C(CCCOC)C(=O)O. The van der Waals surface area contributed by atoms with Crippen molar-refractivity contribution in [1.29, 1.82) is 0 Å². The number of aliphatic carboxylic acids is 2. The molecule has 8 nitrogen and oxygen atoms in total. The van der Waals surface area contributed by atoms with Crippen LogP contribution in [0.5, 0.6) is 0 Å². The summed E-state index contributed by atoms with van der Waals surface area (Å²) in [4.78, 5) is 34.0. The highest BCUT2D eigenvalue weighted by Crippen LogP contribution is 2.16. The van der Waals surface area contributed by atoms with Gasteiger partial charge in [-0.2, -0.15) is 0 Å². The molecule has 0 aromatic rings. The third kappa shape index (κ3) is 8.38. The van der Waals surface area contributed by atoms with Crippen LogP contribution in [0.2, 0.25) is 0 Å². The fourth-order valence-electron chi connectivity index (χ4n) is 1.68. The Labute approximate surface area is 128 Å². The van der Waals surface area contributed by atoms with E-state index in [0.717, 1.165) is 0 Å². The van der Waals surface area contributed by atoms with Crippen LogP contribution in [0.1, 0.15) is 25.7 Å². The molecule has 0 aromatic heterocycles. The van der Waals surface area contributed by atoms with Crippen LogP contribution in [0.15, 0.2) is 11.1 Å². The number of rotatable bonds is 12. The smallest absolute Gasteiger partial charge is 0.332 e. The lowest BCUT2D eigenvalue weighted by Gasteiger charge is -2.09. The molecule has 0 saturated heterocycles. The second-order valence-electron chi connectivity index (χ2n) is 4.41. The molecule has 2 N–H and O–H groups in total. The molecule has 8 heteroatoms. The van der Waals surface area contributed by atoms with E-state index >= 15 is 0 Å². The van der Waals surface area contributed by atoms with E-state index in [-0.39, 0.29) is 18.6 Å². The highest BCUT2D eigenvalue weighted by Gasteiger charge is 2.23. The Morgan fingerprint density at radius 3 is 1.86 bits per heavy atom. The minimum Gasteiger partial charge on any atom is -0.478 e. The molecule has 126 valence electrons. The topological polar surface area (TPSA) is 119 Å². The number of carbonyl (C=O) groups is 3. The van der Waals surface area contributed by atoms with E-state index in [2.05, 4.69) is 0 Å². The Hall–Kier alpha value is -1.93. The second kappa shape index (κ2) is 11.7. The van der Waals surface area contributed by atoms with Crippen LogP contribution in [0.25, 0.3) is 0 Å². The molecule has 0 aliphatic heterocycles. The van der Waals surface area contributed by atoms with Gasteiger partial charge in [0.05, 0.1) is 18.6 Å². The highest BCUT2D eigenvalue weighted by atomic mass is 16.5. The summed E-state index contributed by atoms with van der Waals surface area (Å²) in [6, 6.07) is 0. The third-order valence-corrected chi connectivity index (χ3v) is 2.73. The van der Waals surface area contributed by atoms with Crippen LogP contribution in [0.4, 0.5) is 0 Å². The molecule has 0 aromatic carbocycles. The van der Waals surface area contributed by atoms with Crippen LogP contribution >= 0.6 is 0 Å². The molecule has 0 heterocycles. The highest BCUT2D eigenvalue weighted by molar-refractivity contribution is 6.01. The van der Waals surface area contributed by atoms with E-state index in [4.69, 9.17) is 24.4 Å². The summed E-state index contributed by atoms with van der Waals surface area (Å²) in [7, 11) is 2.96. The minimum atomic E-state index is -1.44. The van der Waals surface area contributed by atoms with Crippen molar-refractivity contribution >= 4 is 17.9 Å². The van der Waals surface area contributed by atoms with E-state index in [0.29, 0.717) is 26.1 Å². The quantitative estimate of drug-likeness (QED) is 0.309. The van der Waals surface area contributed by atoms with E-state index in [1.54, 1.807) is 0 Å². The van der Waals surface area contributed by atoms with Crippen LogP contribution < -0.4 is 0 Å². The Kier molecular flexibility index (Phi) is 10.7. The number of hydrogen-bond donors (Lipinski definition) is 2. The van der Waals surface area contributed by atoms with Gasteiger partial charge in [0, 0.05) is 39.4 Å². The van der Waals surface area contributed by atoms with Crippen molar-refractivity contribution in [2.75, 3.05) is 34.0 Å². The predicted molar refractivity (Wildman–Crippen MR) is 75.5 cm³/mol. The number of hydrogen-bond acceptors (Lipinski definition) is 6. The number of carbonyl (C=O) groups excluding carboxylic acids is 1. The zero-order valence-electron chi connectivity index (χ0n) is 12.8. The number of esters is 1. The van der Waals surface area contributed by atoms with Crippen molar-refractivity contribution in [2.45, 2.75) is 25.7 Å². The van der Waals surface area contributed by atoms with Crippen molar-refractivity contribution in [3.05, 3.63) is 11.1 Å². The number of carboxylic acids is 2. The summed E-state index contributed by atoms with van der Waals surface area (Å²) in [5.41, 5.74) is -0.765. The Bertz CT molecular complexity index is 413. The third-order valence-electron chi connectivity index (χ3n) is 2.73. The molecule has 0 radical (unpaired) electrons.